The second kappa shape index (κ2) is 8.08. The van der Waals surface area contributed by atoms with Crippen molar-refractivity contribution in [2.45, 2.75) is 131 Å². The Bertz CT molecular complexity index is 972. The monoisotopic (exact) mass is 560 g/mol. The van der Waals surface area contributed by atoms with Gasteiger partial charge in [0.25, 0.3) is 0 Å². The fourth-order valence-electron chi connectivity index (χ4n) is 16.0. The third kappa shape index (κ3) is 3.27. The molecule has 0 aromatic rings. The molecule has 0 nitrogen and oxygen atoms in total. The minimum atomic E-state index is -0.0684. The minimum absolute atomic E-state index is 0.0684. The molecule has 3 saturated heterocycles. The molecule has 39 heavy (non-hydrogen) atoms. The minimum Gasteiger partial charge on any atom is -0.102 e. The van der Waals surface area contributed by atoms with Crippen molar-refractivity contribution in [3.63, 3.8) is 0 Å². The van der Waals surface area contributed by atoms with Crippen molar-refractivity contribution in [2.75, 3.05) is 12.3 Å². The summed E-state index contributed by atoms with van der Waals surface area (Å²) in [6.45, 7) is 5.86. The molecular weight excluding hydrogens is 506 g/mol. The van der Waals surface area contributed by atoms with Gasteiger partial charge >= 0.3 is 0 Å². The average Bonchev–Trinajstić information content (AvgIpc) is 2.83. The largest absolute Gasteiger partial charge is 0.102 e. The predicted octanol–water partition coefficient (Wildman–Crippen LogP) is 10.2. The van der Waals surface area contributed by atoms with Crippen LogP contribution in [0.15, 0.2) is 24.3 Å². The van der Waals surface area contributed by atoms with E-state index in [1.165, 1.54) is 0 Å². The van der Waals surface area contributed by atoms with Crippen LogP contribution in [0.25, 0.3) is 0 Å². The van der Waals surface area contributed by atoms with Gasteiger partial charge in [-0.05, 0) is 178 Å². The van der Waals surface area contributed by atoms with Crippen LogP contribution in [-0.2, 0) is 0 Å². The molecule has 5 unspecified atom stereocenters. The standard InChI is InChI=1S/C37H54P2/c1-34(33-32-14-30-13-31(15-32)23-38(33)22-30)5-3-4-6-35(34,2)39(36-16-24-7-25(17-36)9-26(8-24)18-36)37-19-27-10-28(20-37)12-29(11-27)21-37/h3-6,24-33H,7-23H2,1-2H3. The quantitative estimate of drug-likeness (QED) is 0.300. The summed E-state index contributed by atoms with van der Waals surface area (Å²) >= 11 is 0. The molecule has 0 aromatic heterocycles. The first-order valence-corrected chi connectivity index (χ1v) is 20.9. The normalized spacial score (nSPS) is 63.8. The van der Waals surface area contributed by atoms with Crippen molar-refractivity contribution in [1.82, 2.24) is 0 Å². The Hall–Kier alpha value is 0.340. The van der Waals surface area contributed by atoms with Crippen LogP contribution in [0.2, 0.25) is 0 Å². The van der Waals surface area contributed by atoms with Crippen LogP contribution >= 0.6 is 15.8 Å². The number of hydrogen-bond acceptors (Lipinski definition) is 0. The van der Waals surface area contributed by atoms with Crippen molar-refractivity contribution in [2.24, 2.45) is 58.7 Å². The molecule has 0 N–H and O–H groups in total. The van der Waals surface area contributed by atoms with Crippen molar-refractivity contribution in [1.29, 1.82) is 0 Å². The molecule has 3 aliphatic heterocycles. The van der Waals surface area contributed by atoms with E-state index in [0.717, 1.165) is 69.2 Å². The Labute approximate surface area is 241 Å². The van der Waals surface area contributed by atoms with Gasteiger partial charge in [-0.1, -0.05) is 46.1 Å². The highest BCUT2D eigenvalue weighted by Gasteiger charge is 2.70. The molecule has 13 rings (SSSR count). The van der Waals surface area contributed by atoms with E-state index in [9.17, 15) is 0 Å². The summed E-state index contributed by atoms with van der Waals surface area (Å²) in [6.07, 6.45) is 38.8. The molecule has 10 aliphatic carbocycles. The molecule has 0 radical (unpaired) electrons. The van der Waals surface area contributed by atoms with Gasteiger partial charge in [0.15, 0.2) is 0 Å². The third-order valence-electron chi connectivity index (χ3n) is 15.9. The van der Waals surface area contributed by atoms with Crippen molar-refractivity contribution < 1.29 is 0 Å². The zero-order valence-corrected chi connectivity index (χ0v) is 26.8. The maximum atomic E-state index is 2.96. The summed E-state index contributed by atoms with van der Waals surface area (Å²) in [6, 6.07) is 0. The molecule has 5 atom stereocenters. The lowest BCUT2D eigenvalue weighted by Gasteiger charge is -2.74. The summed E-state index contributed by atoms with van der Waals surface area (Å²) in [7, 11) is 0.161. The Morgan fingerprint density at radius 3 is 1.38 bits per heavy atom. The Morgan fingerprint density at radius 2 is 0.949 bits per heavy atom. The van der Waals surface area contributed by atoms with Gasteiger partial charge in [-0.25, -0.2) is 0 Å². The highest BCUT2D eigenvalue weighted by Crippen LogP contribution is 2.86. The van der Waals surface area contributed by atoms with E-state index >= 15 is 0 Å². The maximum Gasteiger partial charge on any atom is 0.0163 e. The highest BCUT2D eigenvalue weighted by atomic mass is 31.1. The molecule has 12 fully saturated rings. The van der Waals surface area contributed by atoms with Gasteiger partial charge in [0.1, 0.15) is 0 Å². The summed E-state index contributed by atoms with van der Waals surface area (Å²) in [5, 5.41) is 1.86. The SMILES string of the molecule is CC1(C2C3CC4CC(C3)CP2C4)C=CC=CC1(C)P(C12CC3CC(CC(C3)C1)C2)C12CC3CC(CC(C3)C1)C2. The predicted molar refractivity (Wildman–Crippen MR) is 168 cm³/mol. The van der Waals surface area contributed by atoms with Gasteiger partial charge in [-0.3, -0.25) is 0 Å². The Morgan fingerprint density at radius 1 is 0.538 bits per heavy atom. The highest BCUT2D eigenvalue weighted by molar-refractivity contribution is 7.63. The van der Waals surface area contributed by atoms with E-state index in [1.54, 1.807) is 109 Å². The van der Waals surface area contributed by atoms with E-state index < -0.39 is 0 Å². The Balaban J connectivity index is 1.15. The molecule has 0 spiro atoms. The van der Waals surface area contributed by atoms with E-state index in [0.29, 0.717) is 10.6 Å². The van der Waals surface area contributed by atoms with E-state index in [4.69, 9.17) is 0 Å². The second-order valence-corrected chi connectivity index (χ2v) is 24.3. The summed E-state index contributed by atoms with van der Waals surface area (Å²) < 4.78 is 0. The van der Waals surface area contributed by atoms with Crippen LogP contribution in [-0.4, -0.2) is 33.5 Å². The zero-order valence-electron chi connectivity index (χ0n) is 25.0. The van der Waals surface area contributed by atoms with E-state index in [1.807, 2.05) is 0 Å². The molecule has 12 bridgehead atoms. The van der Waals surface area contributed by atoms with Gasteiger partial charge in [0.05, 0.1) is 0 Å². The van der Waals surface area contributed by atoms with Crippen LogP contribution < -0.4 is 0 Å². The molecule has 212 valence electrons. The summed E-state index contributed by atoms with van der Waals surface area (Å²) in [4.78, 5) is 0. The van der Waals surface area contributed by atoms with Crippen molar-refractivity contribution >= 4 is 15.8 Å². The fraction of sp³-hybridized carbons (Fsp3) is 0.892. The first-order chi connectivity index (χ1) is 18.8. The van der Waals surface area contributed by atoms with Gasteiger partial charge in [0, 0.05) is 10.6 Å². The van der Waals surface area contributed by atoms with Gasteiger partial charge in [0.2, 0.25) is 0 Å². The zero-order chi connectivity index (χ0) is 25.8. The average molecular weight is 561 g/mol. The van der Waals surface area contributed by atoms with Crippen LogP contribution in [0.1, 0.15) is 110 Å². The molecular formula is C37H54P2. The lowest BCUT2D eigenvalue weighted by Crippen LogP contribution is -2.64. The van der Waals surface area contributed by atoms with Crippen molar-refractivity contribution in [3.8, 4) is 0 Å². The topological polar surface area (TPSA) is 0 Å². The van der Waals surface area contributed by atoms with Gasteiger partial charge in [-0.2, -0.15) is 0 Å². The first-order valence-electron chi connectivity index (χ1n) is 17.7. The van der Waals surface area contributed by atoms with E-state index in [-0.39, 0.29) is 15.8 Å². The molecule has 13 aliphatic rings. The molecule has 3 heterocycles. The smallest absolute Gasteiger partial charge is 0.0163 e. The summed E-state index contributed by atoms with van der Waals surface area (Å²) in [5.41, 5.74) is 1.43. The number of allylic oxidation sites excluding steroid dienone is 4. The van der Waals surface area contributed by atoms with Crippen LogP contribution in [0, 0.1) is 58.7 Å². The number of hydrogen-bond donors (Lipinski definition) is 0. The van der Waals surface area contributed by atoms with E-state index in [2.05, 4.69) is 38.2 Å². The first kappa shape index (κ1) is 24.7. The van der Waals surface area contributed by atoms with Crippen LogP contribution in [0.4, 0.5) is 0 Å². The Kier molecular flexibility index (Phi) is 5.13. The van der Waals surface area contributed by atoms with Crippen molar-refractivity contribution in [3.05, 3.63) is 24.3 Å². The lowest BCUT2D eigenvalue weighted by atomic mass is 9.55. The summed E-state index contributed by atoms with van der Waals surface area (Å²) in [5.74, 6) is 9.88. The molecule has 0 amide bonds. The van der Waals surface area contributed by atoms with Crippen LogP contribution in [0.5, 0.6) is 0 Å². The van der Waals surface area contributed by atoms with Crippen LogP contribution in [0.3, 0.4) is 0 Å². The van der Waals surface area contributed by atoms with Gasteiger partial charge < -0.3 is 0 Å². The molecule has 9 saturated carbocycles. The lowest BCUT2D eigenvalue weighted by molar-refractivity contribution is 0.0154. The maximum absolute atomic E-state index is 2.96. The molecule has 0 aromatic carbocycles. The third-order valence-corrected chi connectivity index (χ3v) is 24.1. The second-order valence-electron chi connectivity index (χ2n) is 18.4. The number of rotatable bonds is 4. The fourth-order valence-corrected chi connectivity index (χ4v) is 27.2. The van der Waals surface area contributed by atoms with Gasteiger partial charge in [-0.15, -0.1) is 7.92 Å². The molecule has 2 heteroatoms.